The Labute approximate surface area is 137 Å². The minimum absolute atomic E-state index is 0.119. The van der Waals surface area contributed by atoms with Crippen molar-refractivity contribution in [2.24, 2.45) is 0 Å². The Balaban J connectivity index is 1.54. The first kappa shape index (κ1) is 15.4. The number of amides is 1. The standard InChI is InChI=1S/C15H16N6OS/c16-8-7-10-1-3-11(4-2-10)18-13(22)9-23-15-20-19-14(17)21(15)12-5-6-12/h1-4,12H,5-7,9H2,(H2,17,19)(H,18,22). The van der Waals surface area contributed by atoms with Gasteiger partial charge in [-0.1, -0.05) is 23.9 Å². The molecule has 3 N–H and O–H groups in total. The summed E-state index contributed by atoms with van der Waals surface area (Å²) in [6, 6.07) is 9.71. The third-order valence-corrected chi connectivity index (χ3v) is 4.40. The molecule has 3 rings (SSSR count). The van der Waals surface area contributed by atoms with Gasteiger partial charge in [-0.15, -0.1) is 10.2 Å². The van der Waals surface area contributed by atoms with Gasteiger partial charge in [0.2, 0.25) is 11.9 Å². The number of hydrogen-bond acceptors (Lipinski definition) is 6. The molecule has 0 aliphatic heterocycles. The van der Waals surface area contributed by atoms with Gasteiger partial charge in [-0.2, -0.15) is 5.26 Å². The first-order valence-corrected chi connectivity index (χ1v) is 8.25. The number of hydrogen-bond donors (Lipinski definition) is 2. The van der Waals surface area contributed by atoms with E-state index in [1.54, 1.807) is 12.1 Å². The lowest BCUT2D eigenvalue weighted by Crippen LogP contribution is -2.14. The number of nitrogen functional groups attached to an aromatic ring is 1. The molecular formula is C15H16N6OS. The van der Waals surface area contributed by atoms with E-state index in [9.17, 15) is 4.79 Å². The van der Waals surface area contributed by atoms with Crippen LogP contribution in [0.3, 0.4) is 0 Å². The van der Waals surface area contributed by atoms with Crippen LogP contribution in [0.15, 0.2) is 29.4 Å². The summed E-state index contributed by atoms with van der Waals surface area (Å²) in [5, 5.41) is 20.0. The molecule has 8 heteroatoms. The maximum Gasteiger partial charge on any atom is 0.234 e. The second-order valence-corrected chi connectivity index (χ2v) is 6.25. The molecule has 0 unspecified atom stereocenters. The molecule has 0 atom stereocenters. The summed E-state index contributed by atoms with van der Waals surface area (Å²) in [7, 11) is 0. The van der Waals surface area contributed by atoms with Crippen LogP contribution < -0.4 is 11.1 Å². The van der Waals surface area contributed by atoms with E-state index in [-0.39, 0.29) is 11.7 Å². The van der Waals surface area contributed by atoms with E-state index < -0.39 is 0 Å². The predicted octanol–water partition coefficient (Wildman–Crippen LogP) is 1.99. The summed E-state index contributed by atoms with van der Waals surface area (Å²) in [6.07, 6.45) is 2.52. The Hall–Kier alpha value is -2.53. The third kappa shape index (κ3) is 3.81. The molecule has 1 aromatic carbocycles. The quantitative estimate of drug-likeness (QED) is 0.785. The van der Waals surface area contributed by atoms with E-state index in [0.717, 1.165) is 18.4 Å². The number of rotatable bonds is 6. The van der Waals surface area contributed by atoms with Crippen LogP contribution in [0.2, 0.25) is 0 Å². The SMILES string of the molecule is N#CCc1ccc(NC(=O)CSc2nnc(N)n2C2CC2)cc1. The molecule has 1 amide bonds. The van der Waals surface area contributed by atoms with Gasteiger partial charge < -0.3 is 11.1 Å². The fourth-order valence-electron chi connectivity index (χ4n) is 2.19. The Kier molecular flexibility index (Phi) is 4.48. The van der Waals surface area contributed by atoms with Gasteiger partial charge in [0.25, 0.3) is 0 Å². The molecule has 1 aliphatic carbocycles. The zero-order valence-electron chi connectivity index (χ0n) is 12.4. The van der Waals surface area contributed by atoms with Crippen molar-refractivity contribution < 1.29 is 4.79 Å². The molecule has 118 valence electrons. The first-order chi connectivity index (χ1) is 11.2. The average Bonchev–Trinajstić information content (AvgIpc) is 3.31. The molecule has 23 heavy (non-hydrogen) atoms. The van der Waals surface area contributed by atoms with Crippen molar-refractivity contribution in [2.75, 3.05) is 16.8 Å². The summed E-state index contributed by atoms with van der Waals surface area (Å²) in [6.45, 7) is 0. The number of nitrogens with zero attached hydrogens (tertiary/aromatic N) is 4. The van der Waals surface area contributed by atoms with Gasteiger partial charge in [-0.25, -0.2) is 0 Å². The van der Waals surface area contributed by atoms with E-state index in [0.29, 0.717) is 29.3 Å². The zero-order valence-corrected chi connectivity index (χ0v) is 13.2. The highest BCUT2D eigenvalue weighted by molar-refractivity contribution is 7.99. The number of nitrogens with two attached hydrogens (primary N) is 1. The molecule has 2 aromatic rings. The van der Waals surface area contributed by atoms with Crippen molar-refractivity contribution in [2.45, 2.75) is 30.5 Å². The highest BCUT2D eigenvalue weighted by Crippen LogP contribution is 2.39. The number of aromatic nitrogens is 3. The van der Waals surface area contributed by atoms with Crippen molar-refractivity contribution >= 4 is 29.3 Å². The van der Waals surface area contributed by atoms with Crippen LogP contribution in [0, 0.1) is 11.3 Å². The van der Waals surface area contributed by atoms with Gasteiger partial charge in [0, 0.05) is 11.7 Å². The summed E-state index contributed by atoms with van der Waals surface area (Å²) in [5.41, 5.74) is 7.44. The number of nitriles is 1. The van der Waals surface area contributed by atoms with Crippen molar-refractivity contribution in [1.29, 1.82) is 5.26 Å². The molecule has 1 saturated carbocycles. The second-order valence-electron chi connectivity index (χ2n) is 5.31. The zero-order chi connectivity index (χ0) is 16.2. The smallest absolute Gasteiger partial charge is 0.234 e. The van der Waals surface area contributed by atoms with E-state index in [4.69, 9.17) is 11.0 Å². The van der Waals surface area contributed by atoms with Crippen molar-refractivity contribution in [1.82, 2.24) is 14.8 Å². The van der Waals surface area contributed by atoms with Gasteiger partial charge in [-0.3, -0.25) is 9.36 Å². The van der Waals surface area contributed by atoms with Crippen LogP contribution in [0.4, 0.5) is 11.6 Å². The molecule has 0 radical (unpaired) electrons. The second kappa shape index (κ2) is 6.71. The molecule has 0 bridgehead atoms. The van der Waals surface area contributed by atoms with Gasteiger partial charge in [0.15, 0.2) is 5.16 Å². The lowest BCUT2D eigenvalue weighted by Gasteiger charge is -2.07. The minimum atomic E-state index is -0.119. The average molecular weight is 328 g/mol. The van der Waals surface area contributed by atoms with E-state index in [1.807, 2.05) is 16.7 Å². The van der Waals surface area contributed by atoms with Crippen LogP contribution in [0.5, 0.6) is 0 Å². The maximum atomic E-state index is 12.0. The van der Waals surface area contributed by atoms with Crippen molar-refractivity contribution in [3.8, 4) is 6.07 Å². The van der Waals surface area contributed by atoms with Crippen molar-refractivity contribution in [3.63, 3.8) is 0 Å². The highest BCUT2D eigenvalue weighted by atomic mass is 32.2. The fraction of sp³-hybridized carbons (Fsp3) is 0.333. The Morgan fingerprint density at radius 3 is 2.78 bits per heavy atom. The number of thioether (sulfide) groups is 1. The highest BCUT2D eigenvalue weighted by Gasteiger charge is 2.29. The number of benzene rings is 1. The van der Waals surface area contributed by atoms with Gasteiger partial charge in [0.05, 0.1) is 18.2 Å². The first-order valence-electron chi connectivity index (χ1n) is 7.26. The number of anilines is 2. The van der Waals surface area contributed by atoms with Crippen LogP contribution in [-0.4, -0.2) is 26.4 Å². The van der Waals surface area contributed by atoms with Crippen LogP contribution in [0.1, 0.15) is 24.4 Å². The normalized spacial score (nSPS) is 13.5. The molecular weight excluding hydrogens is 312 g/mol. The number of carbonyl (C=O) groups is 1. The van der Waals surface area contributed by atoms with E-state index >= 15 is 0 Å². The van der Waals surface area contributed by atoms with Gasteiger partial charge in [-0.05, 0) is 30.5 Å². The van der Waals surface area contributed by atoms with Crippen LogP contribution in [-0.2, 0) is 11.2 Å². The van der Waals surface area contributed by atoms with Gasteiger partial charge >= 0.3 is 0 Å². The summed E-state index contributed by atoms with van der Waals surface area (Å²) >= 11 is 1.33. The summed E-state index contributed by atoms with van der Waals surface area (Å²) in [4.78, 5) is 12.0. The summed E-state index contributed by atoms with van der Waals surface area (Å²) in [5.74, 6) is 0.528. The van der Waals surface area contributed by atoms with E-state index in [2.05, 4.69) is 21.6 Å². The van der Waals surface area contributed by atoms with Crippen LogP contribution in [0.25, 0.3) is 0 Å². The number of carbonyl (C=O) groups excluding carboxylic acids is 1. The summed E-state index contributed by atoms with van der Waals surface area (Å²) < 4.78 is 1.90. The molecule has 7 nitrogen and oxygen atoms in total. The largest absolute Gasteiger partial charge is 0.368 e. The lowest BCUT2D eigenvalue weighted by molar-refractivity contribution is -0.113. The fourth-order valence-corrected chi connectivity index (χ4v) is 3.00. The van der Waals surface area contributed by atoms with Crippen LogP contribution >= 0.6 is 11.8 Å². The Morgan fingerprint density at radius 2 is 2.13 bits per heavy atom. The molecule has 0 spiro atoms. The minimum Gasteiger partial charge on any atom is -0.368 e. The predicted molar refractivity (Wildman–Crippen MR) is 87.8 cm³/mol. The molecule has 1 aromatic heterocycles. The van der Waals surface area contributed by atoms with Crippen molar-refractivity contribution in [3.05, 3.63) is 29.8 Å². The topological polar surface area (TPSA) is 110 Å². The van der Waals surface area contributed by atoms with Gasteiger partial charge in [0.1, 0.15) is 0 Å². The molecule has 1 fully saturated rings. The molecule has 0 saturated heterocycles. The monoisotopic (exact) mass is 328 g/mol. The maximum absolute atomic E-state index is 12.0. The lowest BCUT2D eigenvalue weighted by atomic mass is 10.1. The Bertz CT molecular complexity index is 744. The van der Waals surface area contributed by atoms with E-state index in [1.165, 1.54) is 11.8 Å². The number of nitrogens with one attached hydrogen (secondary N) is 1. The Morgan fingerprint density at radius 1 is 1.39 bits per heavy atom. The molecule has 1 heterocycles. The third-order valence-electron chi connectivity index (χ3n) is 3.46. The molecule has 1 aliphatic rings.